The molecule has 0 bridgehead atoms. The number of anilines is 2. The van der Waals surface area contributed by atoms with Crippen LogP contribution in [0.4, 0.5) is 11.4 Å². The van der Waals surface area contributed by atoms with Gasteiger partial charge in [0.25, 0.3) is 5.91 Å². The van der Waals surface area contributed by atoms with E-state index < -0.39 is 5.91 Å². The molecule has 0 atom stereocenters. The number of pyridine rings is 1. The minimum atomic E-state index is -0.448. The molecule has 18 heavy (non-hydrogen) atoms. The van der Waals surface area contributed by atoms with Crippen LogP contribution in [0.5, 0.6) is 5.75 Å². The van der Waals surface area contributed by atoms with Crippen LogP contribution in [0.25, 0.3) is 0 Å². The Kier molecular flexibility index (Phi) is 3.34. The van der Waals surface area contributed by atoms with E-state index in [4.69, 9.17) is 17.3 Å². The first kappa shape index (κ1) is 12.2. The molecule has 5 nitrogen and oxygen atoms in total. The lowest BCUT2D eigenvalue weighted by Crippen LogP contribution is -2.12. The zero-order valence-corrected chi connectivity index (χ0v) is 9.98. The molecular weight excluding hydrogens is 254 g/mol. The van der Waals surface area contributed by atoms with Gasteiger partial charge in [-0.25, -0.2) is 0 Å². The number of nitrogens with one attached hydrogen (secondary N) is 1. The van der Waals surface area contributed by atoms with Crippen molar-refractivity contribution in [2.75, 3.05) is 11.1 Å². The van der Waals surface area contributed by atoms with Crippen molar-refractivity contribution in [1.29, 1.82) is 0 Å². The molecule has 0 saturated carbocycles. The number of benzene rings is 1. The summed E-state index contributed by atoms with van der Waals surface area (Å²) < 4.78 is 0. The lowest BCUT2D eigenvalue weighted by atomic mass is 10.2. The minimum absolute atomic E-state index is 0.138. The average molecular weight is 264 g/mol. The standard InChI is InChI=1S/C12H10ClN3O2/c13-9-2-1-7(5-10(9)14)16-12(18)8-3-4-15-6-11(8)17/h1-6,17H,14H2,(H,16,18). The van der Waals surface area contributed by atoms with Crippen LogP contribution in [0.2, 0.25) is 5.02 Å². The molecule has 2 aromatic rings. The Hall–Kier alpha value is -2.27. The molecule has 0 aliphatic carbocycles. The van der Waals surface area contributed by atoms with E-state index in [2.05, 4.69) is 10.3 Å². The van der Waals surface area contributed by atoms with Crippen LogP contribution in [-0.2, 0) is 0 Å². The number of nitrogens with two attached hydrogens (primary N) is 1. The van der Waals surface area contributed by atoms with E-state index in [9.17, 15) is 9.90 Å². The van der Waals surface area contributed by atoms with Crippen molar-refractivity contribution in [2.24, 2.45) is 0 Å². The Bertz CT molecular complexity index is 602. The van der Waals surface area contributed by atoms with E-state index in [0.29, 0.717) is 16.4 Å². The van der Waals surface area contributed by atoms with E-state index >= 15 is 0 Å². The smallest absolute Gasteiger partial charge is 0.259 e. The van der Waals surface area contributed by atoms with Crippen LogP contribution in [0.1, 0.15) is 10.4 Å². The Balaban J connectivity index is 2.22. The molecule has 92 valence electrons. The van der Waals surface area contributed by atoms with Crippen molar-refractivity contribution in [3.63, 3.8) is 0 Å². The number of hydrogen-bond donors (Lipinski definition) is 3. The van der Waals surface area contributed by atoms with Crippen LogP contribution >= 0.6 is 11.6 Å². The van der Waals surface area contributed by atoms with Crippen molar-refractivity contribution in [3.8, 4) is 5.75 Å². The predicted octanol–water partition coefficient (Wildman–Crippen LogP) is 2.28. The molecule has 1 aromatic carbocycles. The molecule has 4 N–H and O–H groups in total. The van der Waals surface area contributed by atoms with Gasteiger partial charge in [-0.05, 0) is 24.3 Å². The van der Waals surface area contributed by atoms with Gasteiger partial charge in [-0.15, -0.1) is 0 Å². The number of hydrogen-bond acceptors (Lipinski definition) is 4. The summed E-state index contributed by atoms with van der Waals surface area (Å²) >= 11 is 5.77. The van der Waals surface area contributed by atoms with Crippen molar-refractivity contribution < 1.29 is 9.90 Å². The fourth-order valence-electron chi connectivity index (χ4n) is 1.40. The van der Waals surface area contributed by atoms with Gasteiger partial charge in [0.1, 0.15) is 5.75 Å². The normalized spacial score (nSPS) is 10.1. The molecule has 6 heteroatoms. The summed E-state index contributed by atoms with van der Waals surface area (Å²) in [6.07, 6.45) is 2.62. The molecule has 1 amide bonds. The van der Waals surface area contributed by atoms with Gasteiger partial charge >= 0.3 is 0 Å². The number of halogens is 1. The highest BCUT2D eigenvalue weighted by Crippen LogP contribution is 2.23. The quantitative estimate of drug-likeness (QED) is 0.725. The van der Waals surface area contributed by atoms with Crippen LogP contribution < -0.4 is 11.1 Å². The second-order valence-electron chi connectivity index (χ2n) is 3.58. The van der Waals surface area contributed by atoms with Gasteiger partial charge in [0.2, 0.25) is 0 Å². The molecule has 0 spiro atoms. The van der Waals surface area contributed by atoms with E-state index in [1.54, 1.807) is 18.2 Å². The highest BCUT2D eigenvalue weighted by atomic mass is 35.5. The number of aromatic nitrogens is 1. The van der Waals surface area contributed by atoms with Gasteiger partial charge in [0.05, 0.1) is 22.5 Å². The first-order valence-electron chi connectivity index (χ1n) is 5.07. The molecule has 0 radical (unpaired) electrons. The van der Waals surface area contributed by atoms with Crippen LogP contribution in [0, 0.1) is 0 Å². The van der Waals surface area contributed by atoms with Crippen molar-refractivity contribution in [2.45, 2.75) is 0 Å². The number of aromatic hydroxyl groups is 1. The molecular formula is C12H10ClN3O2. The molecule has 0 aliphatic heterocycles. The van der Waals surface area contributed by atoms with Gasteiger partial charge in [-0.3, -0.25) is 9.78 Å². The fourth-order valence-corrected chi connectivity index (χ4v) is 1.52. The Morgan fingerprint density at radius 1 is 1.39 bits per heavy atom. The van der Waals surface area contributed by atoms with Gasteiger partial charge in [0, 0.05) is 11.9 Å². The molecule has 1 heterocycles. The Morgan fingerprint density at radius 2 is 2.17 bits per heavy atom. The summed E-state index contributed by atoms with van der Waals surface area (Å²) in [6, 6.07) is 6.16. The SMILES string of the molecule is Nc1cc(NC(=O)c2ccncc2O)ccc1Cl. The number of carbonyl (C=O) groups excluding carboxylic acids is 1. The van der Waals surface area contributed by atoms with E-state index in [0.717, 1.165) is 0 Å². The number of carbonyl (C=O) groups is 1. The maximum absolute atomic E-state index is 11.9. The minimum Gasteiger partial charge on any atom is -0.505 e. The molecule has 0 aliphatic rings. The topological polar surface area (TPSA) is 88.2 Å². The Labute approximate surface area is 108 Å². The van der Waals surface area contributed by atoms with Crippen LogP contribution in [0.15, 0.2) is 36.7 Å². The lowest BCUT2D eigenvalue weighted by Gasteiger charge is -2.07. The first-order valence-corrected chi connectivity index (χ1v) is 5.45. The Morgan fingerprint density at radius 3 is 2.83 bits per heavy atom. The monoisotopic (exact) mass is 263 g/mol. The van der Waals surface area contributed by atoms with Crippen LogP contribution in [-0.4, -0.2) is 16.0 Å². The summed E-state index contributed by atoms with van der Waals surface area (Å²) in [5.74, 6) is -0.631. The molecule has 2 rings (SSSR count). The third-order valence-corrected chi connectivity index (χ3v) is 2.64. The number of nitrogens with zero attached hydrogens (tertiary/aromatic N) is 1. The van der Waals surface area contributed by atoms with Crippen molar-refractivity contribution >= 4 is 28.9 Å². The third kappa shape index (κ3) is 2.52. The van der Waals surface area contributed by atoms with E-state index in [1.807, 2.05) is 0 Å². The zero-order valence-electron chi connectivity index (χ0n) is 9.22. The van der Waals surface area contributed by atoms with Crippen LogP contribution in [0.3, 0.4) is 0 Å². The van der Waals surface area contributed by atoms with Crippen molar-refractivity contribution in [3.05, 3.63) is 47.2 Å². The summed E-state index contributed by atoms with van der Waals surface area (Å²) in [4.78, 5) is 15.6. The summed E-state index contributed by atoms with van der Waals surface area (Å²) in [5.41, 5.74) is 6.63. The van der Waals surface area contributed by atoms with Gasteiger partial charge in [-0.2, -0.15) is 0 Å². The maximum atomic E-state index is 11.9. The van der Waals surface area contributed by atoms with Gasteiger partial charge in [0.15, 0.2) is 0 Å². The second kappa shape index (κ2) is 4.93. The number of nitrogen functional groups attached to an aromatic ring is 1. The largest absolute Gasteiger partial charge is 0.505 e. The maximum Gasteiger partial charge on any atom is 0.259 e. The fraction of sp³-hybridized carbons (Fsp3) is 0. The first-order chi connectivity index (χ1) is 8.58. The molecule has 1 aromatic heterocycles. The molecule has 0 saturated heterocycles. The summed E-state index contributed by atoms with van der Waals surface area (Å²) in [6.45, 7) is 0. The third-order valence-electron chi connectivity index (χ3n) is 2.30. The number of amides is 1. The predicted molar refractivity (Wildman–Crippen MR) is 69.7 cm³/mol. The lowest BCUT2D eigenvalue weighted by molar-refractivity contribution is 0.102. The highest BCUT2D eigenvalue weighted by molar-refractivity contribution is 6.33. The van der Waals surface area contributed by atoms with Gasteiger partial charge in [-0.1, -0.05) is 11.6 Å². The van der Waals surface area contributed by atoms with Crippen molar-refractivity contribution in [1.82, 2.24) is 4.98 Å². The molecule has 0 unspecified atom stereocenters. The van der Waals surface area contributed by atoms with E-state index in [1.165, 1.54) is 18.5 Å². The summed E-state index contributed by atoms with van der Waals surface area (Å²) in [5, 5.41) is 12.5. The highest BCUT2D eigenvalue weighted by Gasteiger charge is 2.11. The summed E-state index contributed by atoms with van der Waals surface area (Å²) in [7, 11) is 0. The number of rotatable bonds is 2. The second-order valence-corrected chi connectivity index (χ2v) is 3.99. The zero-order chi connectivity index (χ0) is 13.1. The van der Waals surface area contributed by atoms with E-state index in [-0.39, 0.29) is 11.3 Å². The molecule has 0 fully saturated rings. The van der Waals surface area contributed by atoms with Gasteiger partial charge < -0.3 is 16.2 Å². The average Bonchev–Trinajstić information content (AvgIpc) is 2.34.